The Kier molecular flexibility index (Phi) is 2.70. The van der Waals surface area contributed by atoms with E-state index in [1.54, 1.807) is 0 Å². The van der Waals surface area contributed by atoms with Crippen LogP contribution in [0.5, 0.6) is 11.5 Å². The first-order chi connectivity index (χ1) is 8.22. The Balaban J connectivity index is 1.81. The standard InChI is InChI=1S/C12H11BrO4/c13-9-4-11-10(16-6-17-11)3-8(9)1-7-2-12(14)15-5-7/h3-4,7H,1-2,5-6H2. The largest absolute Gasteiger partial charge is 0.465 e. The smallest absolute Gasteiger partial charge is 0.306 e. The topological polar surface area (TPSA) is 44.8 Å². The minimum Gasteiger partial charge on any atom is -0.465 e. The number of cyclic esters (lactones) is 1. The summed E-state index contributed by atoms with van der Waals surface area (Å²) in [5, 5.41) is 0. The van der Waals surface area contributed by atoms with Gasteiger partial charge in [-0.2, -0.15) is 0 Å². The summed E-state index contributed by atoms with van der Waals surface area (Å²) in [4.78, 5) is 11.0. The highest BCUT2D eigenvalue weighted by Gasteiger charge is 2.25. The molecule has 17 heavy (non-hydrogen) atoms. The normalized spacial score (nSPS) is 21.7. The predicted molar refractivity (Wildman–Crippen MR) is 63.0 cm³/mol. The Morgan fingerprint density at radius 3 is 2.71 bits per heavy atom. The van der Waals surface area contributed by atoms with Crippen LogP contribution >= 0.6 is 15.9 Å². The highest BCUT2D eigenvalue weighted by molar-refractivity contribution is 9.10. The molecule has 4 nitrogen and oxygen atoms in total. The van der Waals surface area contributed by atoms with Gasteiger partial charge in [0, 0.05) is 10.4 Å². The zero-order valence-corrected chi connectivity index (χ0v) is 10.7. The number of hydrogen-bond donors (Lipinski definition) is 0. The van der Waals surface area contributed by atoms with Crippen molar-refractivity contribution in [3.8, 4) is 11.5 Å². The molecule has 0 spiro atoms. The Morgan fingerprint density at radius 1 is 1.24 bits per heavy atom. The van der Waals surface area contributed by atoms with Gasteiger partial charge in [0.2, 0.25) is 6.79 Å². The second kappa shape index (κ2) is 4.22. The Bertz CT molecular complexity index is 472. The quantitative estimate of drug-likeness (QED) is 0.786. The summed E-state index contributed by atoms with van der Waals surface area (Å²) >= 11 is 3.51. The van der Waals surface area contributed by atoms with Gasteiger partial charge in [-0.25, -0.2) is 0 Å². The van der Waals surface area contributed by atoms with Crippen molar-refractivity contribution in [1.82, 2.24) is 0 Å². The lowest BCUT2D eigenvalue weighted by atomic mass is 9.98. The summed E-state index contributed by atoms with van der Waals surface area (Å²) < 4.78 is 16.6. The van der Waals surface area contributed by atoms with Crippen molar-refractivity contribution in [2.24, 2.45) is 5.92 Å². The summed E-state index contributed by atoms with van der Waals surface area (Å²) in [5.74, 6) is 1.69. The van der Waals surface area contributed by atoms with Crippen LogP contribution in [0.4, 0.5) is 0 Å². The molecule has 1 aromatic carbocycles. The molecule has 90 valence electrons. The predicted octanol–water partition coefficient (Wildman–Crippen LogP) is 2.28. The first-order valence-electron chi connectivity index (χ1n) is 5.46. The van der Waals surface area contributed by atoms with Crippen LogP contribution in [0.2, 0.25) is 0 Å². The Morgan fingerprint density at radius 2 is 2.00 bits per heavy atom. The molecular weight excluding hydrogens is 288 g/mol. The molecule has 1 unspecified atom stereocenters. The second-order valence-corrected chi connectivity index (χ2v) is 5.11. The van der Waals surface area contributed by atoms with Gasteiger partial charge in [-0.05, 0) is 24.1 Å². The van der Waals surface area contributed by atoms with Crippen LogP contribution in [0.25, 0.3) is 0 Å². The van der Waals surface area contributed by atoms with Gasteiger partial charge in [0.25, 0.3) is 0 Å². The number of esters is 1. The van der Waals surface area contributed by atoms with Crippen LogP contribution < -0.4 is 9.47 Å². The lowest BCUT2D eigenvalue weighted by molar-refractivity contribution is -0.137. The van der Waals surface area contributed by atoms with Crippen molar-refractivity contribution in [2.45, 2.75) is 12.8 Å². The third-order valence-corrected chi connectivity index (χ3v) is 3.72. The van der Waals surface area contributed by atoms with Gasteiger partial charge in [-0.1, -0.05) is 15.9 Å². The third kappa shape index (κ3) is 2.11. The van der Waals surface area contributed by atoms with E-state index in [1.807, 2.05) is 12.1 Å². The molecule has 2 aliphatic heterocycles. The molecule has 0 aromatic heterocycles. The van der Waals surface area contributed by atoms with Crippen molar-refractivity contribution in [1.29, 1.82) is 0 Å². The first-order valence-corrected chi connectivity index (χ1v) is 6.25. The van der Waals surface area contributed by atoms with Crippen molar-refractivity contribution in [3.63, 3.8) is 0 Å². The van der Waals surface area contributed by atoms with E-state index in [-0.39, 0.29) is 18.7 Å². The highest BCUT2D eigenvalue weighted by Crippen LogP contribution is 2.38. The maximum atomic E-state index is 11.0. The van der Waals surface area contributed by atoms with Gasteiger partial charge >= 0.3 is 5.97 Å². The number of carbonyl (C=O) groups excluding carboxylic acids is 1. The Labute approximate surface area is 107 Å². The van der Waals surface area contributed by atoms with Crippen LogP contribution in [0.15, 0.2) is 16.6 Å². The van der Waals surface area contributed by atoms with E-state index in [0.29, 0.717) is 13.0 Å². The zero-order chi connectivity index (χ0) is 11.8. The summed E-state index contributed by atoms with van der Waals surface area (Å²) in [6, 6.07) is 3.88. The Hall–Kier alpha value is -1.23. The molecule has 1 fully saturated rings. The van der Waals surface area contributed by atoms with Crippen LogP contribution in [0, 0.1) is 5.92 Å². The fourth-order valence-corrected chi connectivity index (χ4v) is 2.61. The molecule has 1 atom stereocenters. The molecule has 5 heteroatoms. The van der Waals surface area contributed by atoms with Crippen LogP contribution in [-0.4, -0.2) is 19.4 Å². The summed E-state index contributed by atoms with van der Waals surface area (Å²) in [7, 11) is 0. The average Bonchev–Trinajstić information content (AvgIpc) is 2.88. The highest BCUT2D eigenvalue weighted by atomic mass is 79.9. The maximum Gasteiger partial charge on any atom is 0.306 e. The molecule has 1 aromatic rings. The number of halogens is 1. The molecule has 1 saturated heterocycles. The van der Waals surface area contributed by atoms with Crippen molar-refractivity contribution in [2.75, 3.05) is 13.4 Å². The number of carbonyl (C=O) groups is 1. The number of rotatable bonds is 2. The van der Waals surface area contributed by atoms with E-state index in [0.717, 1.165) is 28.0 Å². The van der Waals surface area contributed by atoms with Crippen LogP contribution in [0.1, 0.15) is 12.0 Å². The molecule has 0 aliphatic carbocycles. The fraction of sp³-hybridized carbons (Fsp3) is 0.417. The summed E-state index contributed by atoms with van der Waals surface area (Å²) in [6.45, 7) is 0.788. The molecule has 0 saturated carbocycles. The van der Waals surface area contributed by atoms with Crippen molar-refractivity contribution < 1.29 is 19.0 Å². The summed E-state index contributed by atoms with van der Waals surface area (Å²) in [5.41, 5.74) is 1.12. The molecule has 2 aliphatic rings. The van der Waals surface area contributed by atoms with E-state index in [2.05, 4.69) is 15.9 Å². The molecule has 0 N–H and O–H groups in total. The third-order valence-electron chi connectivity index (χ3n) is 2.99. The molecule has 3 rings (SSSR count). The van der Waals surface area contributed by atoms with E-state index >= 15 is 0 Å². The van der Waals surface area contributed by atoms with Gasteiger partial charge in [0.15, 0.2) is 11.5 Å². The van der Waals surface area contributed by atoms with Gasteiger partial charge in [0.1, 0.15) is 0 Å². The molecule has 2 heterocycles. The lowest BCUT2D eigenvalue weighted by Crippen LogP contribution is -2.04. The zero-order valence-electron chi connectivity index (χ0n) is 9.07. The first kappa shape index (κ1) is 10.9. The van der Waals surface area contributed by atoms with Crippen molar-refractivity contribution in [3.05, 3.63) is 22.2 Å². The fourth-order valence-electron chi connectivity index (χ4n) is 2.12. The van der Waals surface area contributed by atoms with Gasteiger partial charge in [0.05, 0.1) is 13.0 Å². The minimum absolute atomic E-state index is 0.105. The van der Waals surface area contributed by atoms with Crippen LogP contribution in [0.3, 0.4) is 0 Å². The number of hydrogen-bond acceptors (Lipinski definition) is 4. The molecular formula is C12H11BrO4. The number of benzene rings is 1. The van der Waals surface area contributed by atoms with E-state index in [1.165, 1.54) is 0 Å². The molecule has 0 bridgehead atoms. The van der Waals surface area contributed by atoms with E-state index in [4.69, 9.17) is 14.2 Å². The SMILES string of the molecule is O=C1CC(Cc2cc3c(cc2Br)OCO3)CO1. The minimum atomic E-state index is -0.105. The van der Waals surface area contributed by atoms with E-state index < -0.39 is 0 Å². The average molecular weight is 299 g/mol. The van der Waals surface area contributed by atoms with Crippen molar-refractivity contribution >= 4 is 21.9 Å². The molecule has 0 radical (unpaired) electrons. The van der Waals surface area contributed by atoms with E-state index in [9.17, 15) is 4.79 Å². The monoisotopic (exact) mass is 298 g/mol. The molecule has 0 amide bonds. The van der Waals surface area contributed by atoms with Crippen LogP contribution in [-0.2, 0) is 16.0 Å². The number of ether oxygens (including phenoxy) is 3. The summed E-state index contributed by atoms with van der Waals surface area (Å²) in [6.07, 6.45) is 1.31. The van der Waals surface area contributed by atoms with Gasteiger partial charge in [-0.3, -0.25) is 4.79 Å². The van der Waals surface area contributed by atoms with Gasteiger partial charge in [-0.15, -0.1) is 0 Å². The number of fused-ring (bicyclic) bond motifs is 1. The lowest BCUT2D eigenvalue weighted by Gasteiger charge is -2.09. The second-order valence-electron chi connectivity index (χ2n) is 4.25. The van der Waals surface area contributed by atoms with Gasteiger partial charge < -0.3 is 14.2 Å². The maximum absolute atomic E-state index is 11.0.